The first-order valence-electron chi connectivity index (χ1n) is 18.9. The van der Waals surface area contributed by atoms with Crippen LogP contribution in [0.25, 0.3) is 22.8 Å². The van der Waals surface area contributed by atoms with E-state index in [-0.39, 0.29) is 60.6 Å². The second-order valence-corrected chi connectivity index (χ2v) is 20.5. The monoisotopic (exact) mass is 866 g/mol. The average molecular weight is 868 g/mol. The van der Waals surface area contributed by atoms with Crippen LogP contribution < -0.4 is 4.74 Å². The predicted molar refractivity (Wildman–Crippen MR) is 234 cm³/mol. The first-order valence-corrected chi connectivity index (χ1v) is 22.3. The van der Waals surface area contributed by atoms with E-state index in [0.717, 1.165) is 33.9 Å². The van der Waals surface area contributed by atoms with Crippen molar-refractivity contribution in [3.05, 3.63) is 108 Å². The molecule has 0 unspecified atom stereocenters. The van der Waals surface area contributed by atoms with Gasteiger partial charge in [0.2, 0.25) is 0 Å². The molecule has 0 radical (unpaired) electrons. The summed E-state index contributed by atoms with van der Waals surface area (Å²) in [6, 6.07) is 12.1. The molecule has 0 aliphatic carbocycles. The molecule has 0 saturated carbocycles. The molecule has 17 heteroatoms. The number of hydrogen-bond donors (Lipinski definition) is 4. The summed E-state index contributed by atoms with van der Waals surface area (Å²) in [5.41, 5.74) is 6.26. The van der Waals surface area contributed by atoms with Gasteiger partial charge in [0.25, 0.3) is 0 Å². The van der Waals surface area contributed by atoms with Crippen LogP contribution in [0, 0.1) is 0 Å². The van der Waals surface area contributed by atoms with Crippen molar-refractivity contribution < 1.29 is 29.6 Å². The van der Waals surface area contributed by atoms with Crippen LogP contribution >= 0.6 is 24.0 Å². The molecule has 0 aliphatic rings. The molecule has 4 N–H and O–H groups in total. The largest absolute Gasteiger partial charge is 0.506 e. The molecule has 59 heavy (non-hydrogen) atoms. The van der Waals surface area contributed by atoms with Crippen LogP contribution in [0.1, 0.15) is 82.8 Å². The number of halogens is 2. The molecule has 0 aromatic carbocycles. The van der Waals surface area contributed by atoms with Crippen molar-refractivity contribution in [2.24, 2.45) is 0 Å². The highest BCUT2D eigenvalue weighted by molar-refractivity contribution is 6.74. The molecule has 0 atom stereocenters. The fraction of sp³-hybridized carbons (Fsp3) is 0.381. The number of ether oxygens (including phenoxy) is 1. The SMILES string of the molecule is CC(C)(C)[Si](C)(C)OCc1c(O)cncc1O.CC(C)n1nccc1-c1ncccc1CCl.CC(C)n1nccc1-c1ncccc1COc1cncc(O)c1CO.Cl. The topological polar surface area (TPSA) is 187 Å². The number of aliphatic hydroxyl groups is 1. The van der Waals surface area contributed by atoms with Crippen LogP contribution in [0.3, 0.4) is 0 Å². The van der Waals surface area contributed by atoms with Crippen LogP contribution in [0.2, 0.25) is 18.1 Å². The van der Waals surface area contributed by atoms with Crippen LogP contribution in [0.4, 0.5) is 0 Å². The Kier molecular flexibility index (Phi) is 17.8. The van der Waals surface area contributed by atoms with Gasteiger partial charge in [-0.25, -0.2) is 0 Å². The van der Waals surface area contributed by atoms with Gasteiger partial charge < -0.3 is 29.6 Å². The Morgan fingerprint density at radius 3 is 1.64 bits per heavy atom. The summed E-state index contributed by atoms with van der Waals surface area (Å²) < 4.78 is 15.6. The van der Waals surface area contributed by atoms with Crippen molar-refractivity contribution in [3.63, 3.8) is 0 Å². The van der Waals surface area contributed by atoms with Crippen LogP contribution in [-0.2, 0) is 30.1 Å². The minimum atomic E-state index is -1.88. The van der Waals surface area contributed by atoms with Crippen molar-refractivity contribution in [2.45, 2.75) is 104 Å². The summed E-state index contributed by atoms with van der Waals surface area (Å²) in [6.07, 6.45) is 12.4. The van der Waals surface area contributed by atoms with Gasteiger partial charge >= 0.3 is 0 Å². The molecule has 318 valence electrons. The molecule has 0 aliphatic heterocycles. The van der Waals surface area contributed by atoms with E-state index in [0.29, 0.717) is 28.8 Å². The molecular weight excluding hydrogens is 812 g/mol. The Bertz CT molecular complexity index is 2210. The highest BCUT2D eigenvalue weighted by atomic mass is 35.5. The van der Waals surface area contributed by atoms with Crippen LogP contribution in [0.15, 0.2) is 86.0 Å². The van der Waals surface area contributed by atoms with E-state index in [1.807, 2.05) is 45.8 Å². The van der Waals surface area contributed by atoms with E-state index >= 15 is 0 Å². The molecule has 0 bridgehead atoms. The molecule has 6 aromatic rings. The molecule has 6 heterocycles. The molecule has 0 fully saturated rings. The summed E-state index contributed by atoms with van der Waals surface area (Å²) in [5, 5.41) is 47.1. The normalized spacial score (nSPS) is 11.3. The van der Waals surface area contributed by atoms with E-state index in [1.165, 1.54) is 24.8 Å². The Morgan fingerprint density at radius 1 is 0.695 bits per heavy atom. The average Bonchev–Trinajstić information content (AvgIpc) is 3.89. The van der Waals surface area contributed by atoms with E-state index < -0.39 is 8.32 Å². The summed E-state index contributed by atoms with van der Waals surface area (Å²) in [5.74, 6) is 0.665. The van der Waals surface area contributed by atoms with Crippen LogP contribution in [-0.4, -0.2) is 68.2 Å². The van der Waals surface area contributed by atoms with E-state index in [2.05, 4.69) is 91.7 Å². The quantitative estimate of drug-likeness (QED) is 0.0676. The fourth-order valence-corrected chi connectivity index (χ4v) is 6.52. The van der Waals surface area contributed by atoms with Crippen molar-refractivity contribution in [1.82, 2.24) is 39.5 Å². The van der Waals surface area contributed by atoms with Crippen molar-refractivity contribution >= 4 is 32.3 Å². The number of pyridine rings is 4. The minimum Gasteiger partial charge on any atom is -0.506 e. The van der Waals surface area contributed by atoms with Crippen molar-refractivity contribution in [1.29, 1.82) is 0 Å². The summed E-state index contributed by atoms with van der Waals surface area (Å²) in [4.78, 5) is 16.5. The Labute approximate surface area is 358 Å². The lowest BCUT2D eigenvalue weighted by molar-refractivity contribution is 0.251. The second kappa shape index (κ2) is 21.8. The van der Waals surface area contributed by atoms with E-state index in [4.69, 9.17) is 20.8 Å². The molecule has 6 aromatic heterocycles. The van der Waals surface area contributed by atoms with Gasteiger partial charge in [0.15, 0.2) is 8.32 Å². The van der Waals surface area contributed by atoms with Gasteiger partial charge in [-0.1, -0.05) is 32.9 Å². The zero-order chi connectivity index (χ0) is 42.6. The first-order chi connectivity index (χ1) is 27.5. The Balaban J connectivity index is 0.000000243. The number of aliphatic hydroxyl groups excluding tert-OH is 1. The molecule has 14 nitrogen and oxygen atoms in total. The first kappa shape index (κ1) is 48.3. The van der Waals surface area contributed by atoms with Gasteiger partial charge in [-0.15, -0.1) is 24.0 Å². The Morgan fingerprint density at radius 2 is 1.17 bits per heavy atom. The summed E-state index contributed by atoms with van der Waals surface area (Å²) in [6.45, 7) is 19.1. The Hall–Kier alpha value is -5.06. The highest BCUT2D eigenvalue weighted by Gasteiger charge is 2.37. The third-order valence-electron chi connectivity index (χ3n) is 9.66. The van der Waals surface area contributed by atoms with Gasteiger partial charge in [0, 0.05) is 48.3 Å². The van der Waals surface area contributed by atoms with E-state index in [9.17, 15) is 20.4 Å². The zero-order valence-electron chi connectivity index (χ0n) is 35.0. The zero-order valence-corrected chi connectivity index (χ0v) is 37.6. The number of aromatic nitrogens is 8. The smallest absolute Gasteiger partial charge is 0.192 e. The maximum atomic E-state index is 9.76. The third kappa shape index (κ3) is 12.5. The summed E-state index contributed by atoms with van der Waals surface area (Å²) >= 11 is 5.91. The van der Waals surface area contributed by atoms with Gasteiger partial charge in [0.1, 0.15) is 29.6 Å². The van der Waals surface area contributed by atoms with Crippen LogP contribution in [0.5, 0.6) is 23.0 Å². The lowest BCUT2D eigenvalue weighted by atomic mass is 10.1. The molecule has 6 rings (SSSR count). The van der Waals surface area contributed by atoms with Gasteiger partial charge in [0.05, 0.1) is 71.9 Å². The number of rotatable bonds is 12. The highest BCUT2D eigenvalue weighted by Crippen LogP contribution is 2.38. The van der Waals surface area contributed by atoms with Gasteiger partial charge in [-0.2, -0.15) is 10.2 Å². The lowest BCUT2D eigenvalue weighted by Crippen LogP contribution is -2.40. The maximum absolute atomic E-state index is 9.76. The summed E-state index contributed by atoms with van der Waals surface area (Å²) in [7, 11) is -1.88. The molecule has 0 amide bonds. The van der Waals surface area contributed by atoms with Crippen molar-refractivity contribution in [3.8, 4) is 45.8 Å². The second-order valence-electron chi connectivity index (χ2n) is 15.5. The maximum Gasteiger partial charge on any atom is 0.192 e. The molecule has 0 saturated heterocycles. The lowest BCUT2D eigenvalue weighted by Gasteiger charge is -2.36. The van der Waals surface area contributed by atoms with Crippen molar-refractivity contribution in [2.75, 3.05) is 0 Å². The minimum absolute atomic E-state index is 0. The fourth-order valence-electron chi connectivity index (χ4n) is 5.37. The van der Waals surface area contributed by atoms with Gasteiger partial charge in [-0.05, 0) is 75.7 Å². The number of hydrogen-bond acceptors (Lipinski definition) is 12. The standard InChI is InChI=1S/C18H20N4O3.C12H14ClN3.C12H21NO3Si.ClH/c1-12(2)22-15(5-7-21-22)18-13(4-3-6-20-18)11-25-17-9-19-8-16(24)14(17)10-23;1-9(2)16-11(5-7-15-16)12-10(8-13)4-3-6-14-12;1-12(2,3)17(4,5)16-8-9-10(14)6-13-7-11(9)15;/h3-9,12,23-24H,10-11H2,1-2H3;3-7,9H,8H2,1-2H3;6-7,14-15H,8H2,1-5H3;1H. The molecular formula is C42H56Cl2N8O6Si. The predicted octanol–water partition coefficient (Wildman–Crippen LogP) is 9.40. The molecule has 0 spiro atoms. The van der Waals surface area contributed by atoms with E-state index in [1.54, 1.807) is 24.8 Å². The number of alkyl halides is 1. The number of nitrogens with zero attached hydrogens (tertiary/aromatic N) is 8. The number of aromatic hydroxyl groups is 3. The van der Waals surface area contributed by atoms with Gasteiger partial charge in [-0.3, -0.25) is 29.3 Å². The third-order valence-corrected chi connectivity index (χ3v) is 14.4.